The second-order valence-corrected chi connectivity index (χ2v) is 3.11. The van der Waals surface area contributed by atoms with Crippen LogP contribution in [0.4, 0.5) is 0 Å². The van der Waals surface area contributed by atoms with Crippen LogP contribution in [0.25, 0.3) is 0 Å². The molecule has 0 bridgehead atoms. The molecule has 1 aliphatic carbocycles. The highest BCUT2D eigenvalue weighted by molar-refractivity contribution is 4.84. The van der Waals surface area contributed by atoms with Crippen LogP contribution >= 0.6 is 0 Å². The van der Waals surface area contributed by atoms with E-state index in [0.717, 1.165) is 5.92 Å². The van der Waals surface area contributed by atoms with E-state index in [1.165, 1.54) is 32.1 Å². The Morgan fingerprint density at radius 1 is 1.40 bits per heavy atom. The van der Waals surface area contributed by atoms with E-state index < -0.39 is 0 Å². The average Bonchev–Trinajstić information content (AvgIpc) is 2.03. The van der Waals surface area contributed by atoms with Gasteiger partial charge >= 0.3 is 0 Å². The molecule has 1 saturated carbocycles. The van der Waals surface area contributed by atoms with Crippen LogP contribution in [0.15, 0.2) is 12.2 Å². The lowest BCUT2D eigenvalue weighted by Gasteiger charge is -2.19. The lowest BCUT2D eigenvalue weighted by molar-refractivity contribution is 0.409. The van der Waals surface area contributed by atoms with E-state index in [4.69, 9.17) is 0 Å². The predicted octanol–water partition coefficient (Wildman–Crippen LogP) is 3.35. The predicted molar refractivity (Wildman–Crippen MR) is 45.7 cm³/mol. The summed E-state index contributed by atoms with van der Waals surface area (Å²) >= 11 is 0. The fourth-order valence-electron chi connectivity index (χ4n) is 1.56. The molecule has 0 atom stereocenters. The zero-order valence-corrected chi connectivity index (χ0v) is 6.84. The summed E-state index contributed by atoms with van der Waals surface area (Å²) in [6.07, 6.45) is 13.7. The first-order valence-electron chi connectivity index (χ1n) is 4.36. The highest BCUT2D eigenvalue weighted by Gasteiger charge is 2.10. The van der Waals surface area contributed by atoms with E-state index in [0.29, 0.717) is 0 Å². The average molecular weight is 137 g/mol. The summed E-state index contributed by atoms with van der Waals surface area (Å²) in [6.45, 7) is 2.11. The van der Waals surface area contributed by atoms with Crippen molar-refractivity contribution in [2.45, 2.75) is 39.0 Å². The largest absolute Gasteiger partial charge is 0.0917 e. The summed E-state index contributed by atoms with van der Waals surface area (Å²) in [5.41, 5.74) is 0. The van der Waals surface area contributed by atoms with Crippen LogP contribution in [0.2, 0.25) is 0 Å². The zero-order chi connectivity index (χ0) is 7.23. The third kappa shape index (κ3) is 2.55. The Morgan fingerprint density at radius 2 is 2.10 bits per heavy atom. The van der Waals surface area contributed by atoms with Gasteiger partial charge in [-0.25, -0.2) is 0 Å². The number of allylic oxidation sites excluding steroid dienone is 2. The maximum atomic E-state index is 2.42. The Labute approximate surface area is 64.3 Å². The number of rotatable bonds is 2. The Kier molecular flexibility index (Phi) is 3.56. The molecule has 1 rings (SSSR count). The van der Waals surface area contributed by atoms with Crippen LogP contribution in [-0.4, -0.2) is 0 Å². The summed E-state index contributed by atoms with van der Waals surface area (Å²) < 4.78 is 0. The van der Waals surface area contributed by atoms with Crippen molar-refractivity contribution in [1.29, 1.82) is 0 Å². The molecule has 0 unspecified atom stereocenters. The molecule has 10 heavy (non-hydrogen) atoms. The van der Waals surface area contributed by atoms with Crippen molar-refractivity contribution in [3.8, 4) is 0 Å². The van der Waals surface area contributed by atoms with Gasteiger partial charge in [0, 0.05) is 0 Å². The molecule has 0 spiro atoms. The van der Waals surface area contributed by atoms with E-state index in [-0.39, 0.29) is 0 Å². The van der Waals surface area contributed by atoms with Gasteiger partial charge in [0.25, 0.3) is 0 Å². The van der Waals surface area contributed by atoms with Gasteiger partial charge in [-0.2, -0.15) is 0 Å². The van der Waals surface area contributed by atoms with Gasteiger partial charge in [0.05, 0.1) is 0 Å². The molecular formula is C10H17. The molecule has 0 heteroatoms. The molecule has 1 radical (unpaired) electrons. The summed E-state index contributed by atoms with van der Waals surface area (Å²) in [6, 6.07) is 0. The summed E-state index contributed by atoms with van der Waals surface area (Å²) in [7, 11) is 0. The van der Waals surface area contributed by atoms with E-state index in [9.17, 15) is 0 Å². The lowest BCUT2D eigenvalue weighted by Crippen LogP contribution is -2.04. The van der Waals surface area contributed by atoms with Crippen molar-refractivity contribution in [2.24, 2.45) is 5.92 Å². The molecule has 0 nitrogen and oxygen atoms in total. The number of hydrogen-bond acceptors (Lipinski definition) is 0. The highest BCUT2D eigenvalue weighted by Crippen LogP contribution is 2.25. The molecule has 0 aromatic heterocycles. The molecule has 0 aromatic rings. The minimum Gasteiger partial charge on any atom is -0.0917 e. The van der Waals surface area contributed by atoms with Gasteiger partial charge in [0.15, 0.2) is 0 Å². The molecule has 0 amide bonds. The molecule has 57 valence electrons. The first kappa shape index (κ1) is 7.84. The topological polar surface area (TPSA) is 0 Å². The van der Waals surface area contributed by atoms with Crippen LogP contribution in [0.1, 0.15) is 39.0 Å². The third-order valence-corrected chi connectivity index (χ3v) is 2.26. The van der Waals surface area contributed by atoms with Crippen molar-refractivity contribution in [3.05, 3.63) is 18.6 Å². The molecule has 0 aliphatic heterocycles. The van der Waals surface area contributed by atoms with Gasteiger partial charge in [-0.1, -0.05) is 12.2 Å². The van der Waals surface area contributed by atoms with Crippen LogP contribution in [0, 0.1) is 12.3 Å². The summed E-state index contributed by atoms with van der Waals surface area (Å²) in [4.78, 5) is 0. The minimum atomic E-state index is 0.987. The molecular weight excluding hydrogens is 120 g/mol. The van der Waals surface area contributed by atoms with E-state index in [1.54, 1.807) is 0 Å². The SMILES string of the molecule is C/C=C/CC1CC[CH]CC1. The van der Waals surface area contributed by atoms with Crippen LogP contribution in [0.3, 0.4) is 0 Å². The molecule has 1 fully saturated rings. The van der Waals surface area contributed by atoms with Gasteiger partial charge in [-0.3, -0.25) is 0 Å². The van der Waals surface area contributed by atoms with E-state index in [2.05, 4.69) is 25.5 Å². The monoisotopic (exact) mass is 137 g/mol. The standard InChI is InChI=1S/C10H17/c1-2-3-7-10-8-5-4-6-9-10/h2-4,10H,5-9H2,1H3/b3-2+. The zero-order valence-electron chi connectivity index (χ0n) is 6.84. The molecule has 0 heterocycles. The van der Waals surface area contributed by atoms with Crippen LogP contribution in [0.5, 0.6) is 0 Å². The second-order valence-electron chi connectivity index (χ2n) is 3.11. The first-order valence-corrected chi connectivity index (χ1v) is 4.36. The lowest BCUT2D eigenvalue weighted by atomic mass is 9.87. The maximum absolute atomic E-state index is 2.42. The van der Waals surface area contributed by atoms with Crippen molar-refractivity contribution in [3.63, 3.8) is 0 Å². The van der Waals surface area contributed by atoms with Gasteiger partial charge in [-0.05, 0) is 51.4 Å². The van der Waals surface area contributed by atoms with E-state index in [1.807, 2.05) is 0 Å². The van der Waals surface area contributed by atoms with Crippen LogP contribution < -0.4 is 0 Å². The Morgan fingerprint density at radius 3 is 2.70 bits per heavy atom. The Bertz CT molecular complexity index is 96.6. The normalized spacial score (nSPS) is 22.1. The van der Waals surface area contributed by atoms with Crippen molar-refractivity contribution in [1.82, 2.24) is 0 Å². The fourth-order valence-corrected chi connectivity index (χ4v) is 1.56. The Balaban J connectivity index is 2.13. The first-order chi connectivity index (χ1) is 4.93. The fraction of sp³-hybridized carbons (Fsp3) is 0.700. The van der Waals surface area contributed by atoms with Gasteiger partial charge in [0.2, 0.25) is 0 Å². The smallest absolute Gasteiger partial charge is 0.0322 e. The number of hydrogen-bond donors (Lipinski definition) is 0. The minimum absolute atomic E-state index is 0.987. The molecule has 0 saturated heterocycles. The van der Waals surface area contributed by atoms with Gasteiger partial charge in [0.1, 0.15) is 0 Å². The molecule has 0 aromatic carbocycles. The van der Waals surface area contributed by atoms with Crippen LogP contribution in [-0.2, 0) is 0 Å². The summed E-state index contributed by atoms with van der Waals surface area (Å²) in [5.74, 6) is 0.987. The highest BCUT2D eigenvalue weighted by atomic mass is 14.2. The van der Waals surface area contributed by atoms with Gasteiger partial charge in [-0.15, -0.1) is 0 Å². The van der Waals surface area contributed by atoms with Gasteiger partial charge < -0.3 is 0 Å². The third-order valence-electron chi connectivity index (χ3n) is 2.26. The Hall–Kier alpha value is -0.260. The van der Waals surface area contributed by atoms with E-state index >= 15 is 0 Å². The molecule has 1 aliphatic rings. The second kappa shape index (κ2) is 4.54. The maximum Gasteiger partial charge on any atom is -0.0322 e. The van der Waals surface area contributed by atoms with Crippen molar-refractivity contribution in [2.75, 3.05) is 0 Å². The quantitative estimate of drug-likeness (QED) is 0.512. The van der Waals surface area contributed by atoms with Crippen molar-refractivity contribution >= 4 is 0 Å². The van der Waals surface area contributed by atoms with Crippen molar-refractivity contribution < 1.29 is 0 Å². The molecule has 0 N–H and O–H groups in total. The summed E-state index contributed by atoms with van der Waals surface area (Å²) in [5, 5.41) is 0.